The highest BCUT2D eigenvalue weighted by molar-refractivity contribution is 5.81. The van der Waals surface area contributed by atoms with E-state index in [1.165, 1.54) is 44.1 Å². The molecular formula is C24H33NO3. The average molecular weight is 384 g/mol. The fourth-order valence-electron chi connectivity index (χ4n) is 6.47. The van der Waals surface area contributed by atoms with Gasteiger partial charge in [0.1, 0.15) is 0 Å². The molecule has 0 radical (unpaired) electrons. The van der Waals surface area contributed by atoms with Crippen LogP contribution in [-0.2, 0) is 14.3 Å². The number of esters is 1. The van der Waals surface area contributed by atoms with Gasteiger partial charge < -0.3 is 10.1 Å². The van der Waals surface area contributed by atoms with E-state index in [0.717, 1.165) is 29.7 Å². The summed E-state index contributed by atoms with van der Waals surface area (Å²) in [6.07, 6.45) is 8.97. The molecule has 4 nitrogen and oxygen atoms in total. The van der Waals surface area contributed by atoms with E-state index >= 15 is 0 Å². The van der Waals surface area contributed by atoms with Crippen LogP contribution in [0, 0.1) is 30.1 Å². The lowest BCUT2D eigenvalue weighted by Gasteiger charge is -2.56. The van der Waals surface area contributed by atoms with Crippen LogP contribution in [0.1, 0.15) is 75.5 Å². The SMILES string of the molecule is CC[C@@H](NC(=O)COC(=O)CC12CC3CC(CC(C3)C1)C2)c1ccc(C)cc1. The minimum absolute atomic E-state index is 0.0463. The van der Waals surface area contributed by atoms with Crippen LogP contribution in [0.25, 0.3) is 0 Å². The van der Waals surface area contributed by atoms with E-state index in [4.69, 9.17) is 4.74 Å². The summed E-state index contributed by atoms with van der Waals surface area (Å²) in [5, 5.41) is 3.00. The Hall–Kier alpha value is -1.84. The van der Waals surface area contributed by atoms with Crippen molar-refractivity contribution in [2.75, 3.05) is 6.61 Å². The lowest BCUT2D eigenvalue weighted by atomic mass is 9.49. The van der Waals surface area contributed by atoms with Gasteiger partial charge in [-0.05, 0) is 80.6 Å². The molecule has 5 rings (SSSR count). The Kier molecular flexibility index (Phi) is 5.48. The molecule has 4 aliphatic rings. The molecule has 4 fully saturated rings. The normalized spacial score (nSPS) is 31.4. The first-order valence-electron chi connectivity index (χ1n) is 11.0. The van der Waals surface area contributed by atoms with Crippen molar-refractivity contribution in [2.45, 2.75) is 71.3 Å². The molecule has 0 spiro atoms. The van der Waals surface area contributed by atoms with E-state index in [1.54, 1.807) is 0 Å². The van der Waals surface area contributed by atoms with E-state index in [-0.39, 0.29) is 29.9 Å². The Labute approximate surface area is 168 Å². The summed E-state index contributed by atoms with van der Waals surface area (Å²) in [7, 11) is 0. The molecule has 1 amide bonds. The Bertz CT molecular complexity index is 689. The monoisotopic (exact) mass is 383 g/mol. The molecule has 1 atom stereocenters. The van der Waals surface area contributed by atoms with Crippen molar-refractivity contribution in [3.05, 3.63) is 35.4 Å². The molecule has 0 unspecified atom stereocenters. The lowest BCUT2D eigenvalue weighted by Crippen LogP contribution is -2.47. The van der Waals surface area contributed by atoms with Crippen LogP contribution in [0.4, 0.5) is 0 Å². The molecule has 4 saturated carbocycles. The van der Waals surface area contributed by atoms with Gasteiger partial charge in [-0.1, -0.05) is 36.8 Å². The summed E-state index contributed by atoms with van der Waals surface area (Å²) in [5.74, 6) is 2.05. The number of nitrogens with one attached hydrogen (secondary N) is 1. The molecule has 1 aromatic rings. The van der Waals surface area contributed by atoms with Gasteiger partial charge in [-0.2, -0.15) is 0 Å². The molecule has 4 aliphatic carbocycles. The van der Waals surface area contributed by atoms with Gasteiger partial charge >= 0.3 is 5.97 Å². The summed E-state index contributed by atoms with van der Waals surface area (Å²) in [6, 6.07) is 8.15. The number of hydrogen-bond donors (Lipinski definition) is 1. The number of aryl methyl sites for hydroxylation is 1. The predicted molar refractivity (Wildman–Crippen MR) is 109 cm³/mol. The highest BCUT2D eigenvalue weighted by Crippen LogP contribution is 2.61. The predicted octanol–water partition coefficient (Wildman–Crippen LogP) is 4.71. The summed E-state index contributed by atoms with van der Waals surface area (Å²) < 4.78 is 5.39. The number of amides is 1. The Balaban J connectivity index is 1.26. The summed E-state index contributed by atoms with van der Waals surface area (Å²) in [6.45, 7) is 3.92. The summed E-state index contributed by atoms with van der Waals surface area (Å²) in [4.78, 5) is 24.8. The Morgan fingerprint density at radius 3 is 2.18 bits per heavy atom. The second kappa shape index (κ2) is 7.88. The van der Waals surface area contributed by atoms with Crippen LogP contribution in [0.3, 0.4) is 0 Å². The minimum atomic E-state index is -0.216. The third kappa shape index (κ3) is 4.26. The number of rotatable bonds is 7. The molecule has 28 heavy (non-hydrogen) atoms. The molecule has 0 aliphatic heterocycles. The quantitative estimate of drug-likeness (QED) is 0.694. The van der Waals surface area contributed by atoms with Crippen molar-refractivity contribution in [3.63, 3.8) is 0 Å². The van der Waals surface area contributed by atoms with Crippen molar-refractivity contribution >= 4 is 11.9 Å². The standard InChI is InChI=1S/C24H33NO3/c1-3-21(20-6-4-16(2)5-7-20)25-22(26)15-28-23(27)14-24-11-17-8-18(12-24)10-19(9-17)13-24/h4-7,17-19,21H,3,8-15H2,1-2H3,(H,25,26)/t17?,18?,19?,21-,24?/m1/s1. The number of carbonyl (C=O) groups is 2. The number of hydrogen-bond acceptors (Lipinski definition) is 3. The smallest absolute Gasteiger partial charge is 0.306 e. The number of carbonyl (C=O) groups excluding carboxylic acids is 2. The highest BCUT2D eigenvalue weighted by atomic mass is 16.5. The largest absolute Gasteiger partial charge is 0.456 e. The zero-order chi connectivity index (χ0) is 19.7. The molecule has 4 bridgehead atoms. The van der Waals surface area contributed by atoms with Gasteiger partial charge in [-0.25, -0.2) is 0 Å². The van der Waals surface area contributed by atoms with Gasteiger partial charge in [0.25, 0.3) is 5.91 Å². The zero-order valence-corrected chi connectivity index (χ0v) is 17.2. The van der Waals surface area contributed by atoms with Crippen molar-refractivity contribution in [1.82, 2.24) is 5.32 Å². The second-order valence-corrected chi connectivity index (χ2v) is 9.69. The van der Waals surface area contributed by atoms with E-state index in [9.17, 15) is 9.59 Å². The van der Waals surface area contributed by atoms with Crippen LogP contribution in [-0.4, -0.2) is 18.5 Å². The van der Waals surface area contributed by atoms with Crippen molar-refractivity contribution in [1.29, 1.82) is 0 Å². The van der Waals surface area contributed by atoms with E-state index < -0.39 is 0 Å². The van der Waals surface area contributed by atoms with Crippen LogP contribution in [0.2, 0.25) is 0 Å². The molecule has 152 valence electrons. The first-order chi connectivity index (χ1) is 13.4. The molecule has 0 saturated heterocycles. The zero-order valence-electron chi connectivity index (χ0n) is 17.2. The fraction of sp³-hybridized carbons (Fsp3) is 0.667. The van der Waals surface area contributed by atoms with Gasteiger partial charge in [0.05, 0.1) is 12.5 Å². The van der Waals surface area contributed by atoms with Gasteiger partial charge in [0.15, 0.2) is 6.61 Å². The van der Waals surface area contributed by atoms with Gasteiger partial charge in [0, 0.05) is 0 Å². The van der Waals surface area contributed by atoms with Gasteiger partial charge in [-0.3, -0.25) is 9.59 Å². The fourth-order valence-corrected chi connectivity index (χ4v) is 6.47. The van der Waals surface area contributed by atoms with Crippen molar-refractivity contribution in [2.24, 2.45) is 23.2 Å². The molecule has 1 aromatic carbocycles. The van der Waals surface area contributed by atoms with Crippen LogP contribution < -0.4 is 5.32 Å². The van der Waals surface area contributed by atoms with Crippen LogP contribution in [0.5, 0.6) is 0 Å². The molecular weight excluding hydrogens is 350 g/mol. The lowest BCUT2D eigenvalue weighted by molar-refractivity contribution is -0.155. The molecule has 4 heteroatoms. The topological polar surface area (TPSA) is 55.4 Å². The minimum Gasteiger partial charge on any atom is -0.456 e. The first-order valence-corrected chi connectivity index (χ1v) is 11.0. The van der Waals surface area contributed by atoms with E-state index in [1.807, 2.05) is 26.0 Å². The molecule has 0 heterocycles. The Morgan fingerprint density at radius 2 is 1.64 bits per heavy atom. The third-order valence-electron chi connectivity index (χ3n) is 7.27. The summed E-state index contributed by atoms with van der Waals surface area (Å²) in [5.41, 5.74) is 2.45. The maximum atomic E-state index is 12.5. The number of benzene rings is 1. The second-order valence-electron chi connectivity index (χ2n) is 9.69. The summed E-state index contributed by atoms with van der Waals surface area (Å²) >= 11 is 0. The highest BCUT2D eigenvalue weighted by Gasteiger charge is 2.51. The van der Waals surface area contributed by atoms with Gasteiger partial charge in [0.2, 0.25) is 0 Å². The van der Waals surface area contributed by atoms with Crippen LogP contribution >= 0.6 is 0 Å². The van der Waals surface area contributed by atoms with Crippen molar-refractivity contribution in [3.8, 4) is 0 Å². The first kappa shape index (κ1) is 19.5. The maximum absolute atomic E-state index is 12.5. The Morgan fingerprint density at radius 1 is 1.07 bits per heavy atom. The maximum Gasteiger partial charge on any atom is 0.306 e. The van der Waals surface area contributed by atoms with E-state index in [2.05, 4.69) is 17.4 Å². The third-order valence-corrected chi connectivity index (χ3v) is 7.27. The molecule has 0 aromatic heterocycles. The average Bonchev–Trinajstić information content (AvgIpc) is 2.64. The molecule has 1 N–H and O–H groups in total. The number of ether oxygens (including phenoxy) is 1. The van der Waals surface area contributed by atoms with E-state index in [0.29, 0.717) is 6.42 Å². The van der Waals surface area contributed by atoms with Crippen LogP contribution in [0.15, 0.2) is 24.3 Å². The van der Waals surface area contributed by atoms with Crippen molar-refractivity contribution < 1.29 is 14.3 Å². The van der Waals surface area contributed by atoms with Gasteiger partial charge in [-0.15, -0.1) is 0 Å².